The predicted molar refractivity (Wildman–Crippen MR) is 81.5 cm³/mol. The van der Waals surface area contributed by atoms with Gasteiger partial charge in [-0.1, -0.05) is 30.3 Å². The van der Waals surface area contributed by atoms with Crippen LogP contribution in [0.25, 0.3) is 0 Å². The van der Waals surface area contributed by atoms with Gasteiger partial charge < -0.3 is 10.6 Å². The predicted octanol–water partition coefficient (Wildman–Crippen LogP) is 1.83. The fourth-order valence-corrected chi connectivity index (χ4v) is 3.30. The summed E-state index contributed by atoms with van der Waals surface area (Å²) in [6.45, 7) is 1.16. The molecule has 3 nitrogen and oxygen atoms in total. The van der Waals surface area contributed by atoms with Crippen LogP contribution in [0.5, 0.6) is 0 Å². The molecule has 2 rings (SSSR count). The van der Waals surface area contributed by atoms with Gasteiger partial charge in [0.1, 0.15) is 0 Å². The molecule has 1 aromatic carbocycles. The highest BCUT2D eigenvalue weighted by Gasteiger charge is 2.13. The second kappa shape index (κ2) is 8.23. The Kier molecular flexibility index (Phi) is 6.24. The molecule has 0 saturated carbocycles. The highest BCUT2D eigenvalue weighted by molar-refractivity contribution is 7.99. The summed E-state index contributed by atoms with van der Waals surface area (Å²) in [6, 6.07) is 10.7. The van der Waals surface area contributed by atoms with Gasteiger partial charge in [0, 0.05) is 18.3 Å². The van der Waals surface area contributed by atoms with Crippen LogP contribution in [0.15, 0.2) is 30.3 Å². The molecule has 0 aromatic heterocycles. The van der Waals surface area contributed by atoms with E-state index in [1.54, 1.807) is 0 Å². The molecule has 104 valence electrons. The van der Waals surface area contributed by atoms with E-state index in [0.29, 0.717) is 19.1 Å². The van der Waals surface area contributed by atoms with Crippen LogP contribution in [0.3, 0.4) is 0 Å². The van der Waals surface area contributed by atoms with Gasteiger partial charge in [-0.3, -0.25) is 4.79 Å². The number of hydrogen-bond donors (Lipinski definition) is 2. The van der Waals surface area contributed by atoms with Gasteiger partial charge in [0.05, 0.1) is 6.54 Å². The van der Waals surface area contributed by atoms with Crippen LogP contribution in [0.4, 0.5) is 0 Å². The maximum absolute atomic E-state index is 11.7. The molecular weight excluding hydrogens is 256 g/mol. The molecule has 1 atom stereocenters. The van der Waals surface area contributed by atoms with Crippen molar-refractivity contribution in [3.63, 3.8) is 0 Å². The van der Waals surface area contributed by atoms with E-state index in [-0.39, 0.29) is 5.91 Å². The Morgan fingerprint density at radius 3 is 2.89 bits per heavy atom. The van der Waals surface area contributed by atoms with Crippen LogP contribution < -0.4 is 10.6 Å². The number of nitrogens with one attached hydrogen (secondary N) is 2. The van der Waals surface area contributed by atoms with Gasteiger partial charge in [-0.15, -0.1) is 0 Å². The summed E-state index contributed by atoms with van der Waals surface area (Å²) >= 11 is 1.98. The van der Waals surface area contributed by atoms with E-state index < -0.39 is 0 Å². The fraction of sp³-hybridized carbons (Fsp3) is 0.533. The largest absolute Gasteiger partial charge is 0.355 e. The lowest BCUT2D eigenvalue weighted by atomic mass is 10.1. The molecular formula is C15H22N2OS. The molecule has 0 spiro atoms. The van der Waals surface area contributed by atoms with E-state index in [1.807, 2.05) is 30.0 Å². The average molecular weight is 278 g/mol. The lowest BCUT2D eigenvalue weighted by Crippen LogP contribution is -2.41. The minimum absolute atomic E-state index is 0.103. The quantitative estimate of drug-likeness (QED) is 0.834. The van der Waals surface area contributed by atoms with Crippen LogP contribution in [-0.4, -0.2) is 36.5 Å². The SMILES string of the molecule is O=C(CNC1CCCSC1)NCCc1ccccc1. The molecule has 1 fully saturated rings. The Morgan fingerprint density at radius 1 is 1.32 bits per heavy atom. The van der Waals surface area contributed by atoms with Gasteiger partial charge in [-0.25, -0.2) is 0 Å². The first-order valence-electron chi connectivity index (χ1n) is 6.96. The van der Waals surface area contributed by atoms with E-state index in [0.717, 1.165) is 12.2 Å². The number of carbonyl (C=O) groups excluding carboxylic acids is 1. The topological polar surface area (TPSA) is 41.1 Å². The van der Waals surface area contributed by atoms with Crippen molar-refractivity contribution in [2.75, 3.05) is 24.6 Å². The molecule has 0 radical (unpaired) electrons. The third-order valence-corrected chi connectivity index (χ3v) is 4.51. The second-order valence-corrected chi connectivity index (χ2v) is 6.03. The zero-order valence-corrected chi connectivity index (χ0v) is 12.0. The summed E-state index contributed by atoms with van der Waals surface area (Å²) in [5, 5.41) is 6.30. The summed E-state index contributed by atoms with van der Waals surface area (Å²) in [5.41, 5.74) is 1.26. The Balaban J connectivity index is 1.57. The van der Waals surface area contributed by atoms with Gasteiger partial charge in [-0.2, -0.15) is 11.8 Å². The second-order valence-electron chi connectivity index (χ2n) is 4.88. The van der Waals surface area contributed by atoms with Crippen molar-refractivity contribution >= 4 is 17.7 Å². The Bertz CT molecular complexity index is 377. The first kappa shape index (κ1) is 14.4. The summed E-state index contributed by atoms with van der Waals surface area (Å²) < 4.78 is 0. The monoisotopic (exact) mass is 278 g/mol. The molecule has 1 aromatic rings. The molecule has 1 heterocycles. The summed E-state index contributed by atoms with van der Waals surface area (Å²) in [6.07, 6.45) is 3.36. The van der Waals surface area contributed by atoms with Crippen LogP contribution >= 0.6 is 11.8 Å². The molecule has 4 heteroatoms. The normalized spacial score (nSPS) is 19.1. The minimum atomic E-state index is 0.103. The van der Waals surface area contributed by atoms with E-state index >= 15 is 0 Å². The number of rotatable bonds is 6. The molecule has 0 bridgehead atoms. The van der Waals surface area contributed by atoms with Crippen LogP contribution in [0.2, 0.25) is 0 Å². The Labute approximate surface area is 119 Å². The zero-order valence-electron chi connectivity index (χ0n) is 11.2. The van der Waals surface area contributed by atoms with Crippen molar-refractivity contribution in [1.82, 2.24) is 10.6 Å². The first-order valence-corrected chi connectivity index (χ1v) is 8.12. The van der Waals surface area contributed by atoms with Gasteiger partial charge in [-0.05, 0) is 30.6 Å². The van der Waals surface area contributed by atoms with Crippen LogP contribution in [0.1, 0.15) is 18.4 Å². The standard InChI is InChI=1S/C15H22N2OS/c18-15(11-17-14-7-4-10-19-12-14)16-9-8-13-5-2-1-3-6-13/h1-3,5-6,14,17H,4,7-12H2,(H,16,18). The smallest absolute Gasteiger partial charge is 0.233 e. The lowest BCUT2D eigenvalue weighted by Gasteiger charge is -2.22. The fourth-order valence-electron chi connectivity index (χ4n) is 2.19. The van der Waals surface area contributed by atoms with E-state index in [1.165, 1.54) is 24.2 Å². The van der Waals surface area contributed by atoms with Gasteiger partial charge >= 0.3 is 0 Å². The van der Waals surface area contributed by atoms with Crippen molar-refractivity contribution in [2.45, 2.75) is 25.3 Å². The molecule has 1 amide bonds. The van der Waals surface area contributed by atoms with Crippen molar-refractivity contribution in [2.24, 2.45) is 0 Å². The van der Waals surface area contributed by atoms with E-state index in [9.17, 15) is 4.79 Å². The average Bonchev–Trinajstić information content (AvgIpc) is 2.47. The minimum Gasteiger partial charge on any atom is -0.355 e. The molecule has 1 aliphatic rings. The highest BCUT2D eigenvalue weighted by Crippen LogP contribution is 2.16. The number of thioether (sulfide) groups is 1. The van der Waals surface area contributed by atoms with Crippen LogP contribution in [0, 0.1) is 0 Å². The maximum atomic E-state index is 11.7. The Morgan fingerprint density at radius 2 is 2.16 bits per heavy atom. The number of carbonyl (C=O) groups is 1. The zero-order chi connectivity index (χ0) is 13.3. The number of hydrogen-bond acceptors (Lipinski definition) is 3. The number of amides is 1. The summed E-state index contributed by atoms with van der Waals surface area (Å²) in [7, 11) is 0. The molecule has 1 aliphatic heterocycles. The third kappa shape index (κ3) is 5.66. The first-order chi connectivity index (χ1) is 9.34. The summed E-state index contributed by atoms with van der Waals surface area (Å²) in [5.74, 6) is 2.50. The van der Waals surface area contributed by atoms with Crippen molar-refractivity contribution in [3.05, 3.63) is 35.9 Å². The van der Waals surface area contributed by atoms with Crippen molar-refractivity contribution < 1.29 is 4.79 Å². The van der Waals surface area contributed by atoms with Gasteiger partial charge in [0.15, 0.2) is 0 Å². The molecule has 1 unspecified atom stereocenters. The van der Waals surface area contributed by atoms with E-state index in [4.69, 9.17) is 0 Å². The van der Waals surface area contributed by atoms with Gasteiger partial charge in [0.25, 0.3) is 0 Å². The Hall–Kier alpha value is -1.00. The van der Waals surface area contributed by atoms with Crippen molar-refractivity contribution in [1.29, 1.82) is 0 Å². The molecule has 2 N–H and O–H groups in total. The van der Waals surface area contributed by atoms with Crippen LogP contribution in [-0.2, 0) is 11.2 Å². The van der Waals surface area contributed by atoms with E-state index in [2.05, 4.69) is 22.8 Å². The molecule has 0 aliphatic carbocycles. The van der Waals surface area contributed by atoms with Gasteiger partial charge in [0.2, 0.25) is 5.91 Å². The summed E-state index contributed by atoms with van der Waals surface area (Å²) in [4.78, 5) is 11.7. The molecule has 1 saturated heterocycles. The maximum Gasteiger partial charge on any atom is 0.233 e. The lowest BCUT2D eigenvalue weighted by molar-refractivity contribution is -0.120. The third-order valence-electron chi connectivity index (χ3n) is 3.29. The number of benzene rings is 1. The molecule has 19 heavy (non-hydrogen) atoms. The highest BCUT2D eigenvalue weighted by atomic mass is 32.2. The van der Waals surface area contributed by atoms with Crippen molar-refractivity contribution in [3.8, 4) is 0 Å².